The Kier molecular flexibility index (Phi) is 6.33. The zero-order valence-corrected chi connectivity index (χ0v) is 13.5. The summed E-state index contributed by atoms with van der Waals surface area (Å²) >= 11 is 0. The molecule has 0 aromatic carbocycles. The molecule has 0 amide bonds. The molecular formula is C14H25N5O2. The number of hydrogen-bond acceptors (Lipinski definition) is 6. The van der Waals surface area contributed by atoms with Gasteiger partial charge >= 0.3 is 5.69 Å². The summed E-state index contributed by atoms with van der Waals surface area (Å²) in [5, 5.41) is 14.5. The molecule has 1 rings (SSSR count). The molecule has 1 aromatic rings. The van der Waals surface area contributed by atoms with Crippen LogP contribution in [0.3, 0.4) is 0 Å². The smallest absolute Gasteiger partial charge is 0.353 e. The third-order valence-electron chi connectivity index (χ3n) is 2.99. The van der Waals surface area contributed by atoms with E-state index in [9.17, 15) is 10.1 Å². The molecule has 0 fully saturated rings. The van der Waals surface area contributed by atoms with Crippen molar-refractivity contribution in [3.8, 4) is 0 Å². The molecule has 1 N–H and O–H groups in total. The molecule has 0 bridgehead atoms. The van der Waals surface area contributed by atoms with Crippen LogP contribution in [0.25, 0.3) is 0 Å². The Morgan fingerprint density at radius 3 is 2.48 bits per heavy atom. The number of nitro groups is 1. The third-order valence-corrected chi connectivity index (χ3v) is 2.99. The van der Waals surface area contributed by atoms with Crippen LogP contribution in [0.2, 0.25) is 0 Å². The molecule has 7 heteroatoms. The van der Waals surface area contributed by atoms with Crippen LogP contribution >= 0.6 is 0 Å². The first-order valence-electron chi connectivity index (χ1n) is 7.38. The molecule has 0 aliphatic heterocycles. The van der Waals surface area contributed by atoms with Crippen molar-refractivity contribution in [2.24, 2.45) is 5.92 Å². The first-order valence-corrected chi connectivity index (χ1v) is 7.38. The van der Waals surface area contributed by atoms with Crippen molar-refractivity contribution in [2.45, 2.75) is 47.1 Å². The molecule has 0 radical (unpaired) electrons. The van der Waals surface area contributed by atoms with Gasteiger partial charge in [-0.25, -0.2) is 9.97 Å². The number of nitrogens with one attached hydrogen (secondary N) is 1. The van der Waals surface area contributed by atoms with Gasteiger partial charge in [0.2, 0.25) is 11.6 Å². The Hall–Kier alpha value is -1.92. The standard InChI is InChI=1S/C14H25N5O2/c1-6-7-15-13-12(19(20)21)14(17-9-16-13)18(11(4)5)8-10(2)3/h9-11H,6-8H2,1-5H3,(H,15,16,17). The molecule has 0 spiro atoms. The lowest BCUT2D eigenvalue weighted by atomic mass is 10.1. The predicted octanol–water partition coefficient (Wildman–Crippen LogP) is 3.08. The van der Waals surface area contributed by atoms with Gasteiger partial charge in [0.05, 0.1) is 4.92 Å². The number of rotatable bonds is 8. The number of nitrogens with zero attached hydrogens (tertiary/aromatic N) is 4. The van der Waals surface area contributed by atoms with Crippen LogP contribution in [0.15, 0.2) is 6.33 Å². The summed E-state index contributed by atoms with van der Waals surface area (Å²) in [6.07, 6.45) is 2.26. The second-order valence-electron chi connectivity index (χ2n) is 5.72. The van der Waals surface area contributed by atoms with Crippen LogP contribution in [-0.4, -0.2) is 34.0 Å². The Morgan fingerprint density at radius 1 is 1.33 bits per heavy atom. The first-order chi connectivity index (χ1) is 9.88. The Balaban J connectivity index is 3.28. The van der Waals surface area contributed by atoms with E-state index in [1.165, 1.54) is 6.33 Å². The van der Waals surface area contributed by atoms with Crippen LogP contribution in [0.5, 0.6) is 0 Å². The lowest BCUT2D eigenvalue weighted by Gasteiger charge is -2.29. The molecule has 0 aliphatic rings. The van der Waals surface area contributed by atoms with E-state index in [2.05, 4.69) is 29.1 Å². The summed E-state index contributed by atoms with van der Waals surface area (Å²) in [6, 6.07) is 0.125. The molecule has 0 aliphatic carbocycles. The molecule has 0 atom stereocenters. The van der Waals surface area contributed by atoms with E-state index in [-0.39, 0.29) is 11.7 Å². The average Bonchev–Trinajstić information content (AvgIpc) is 2.41. The van der Waals surface area contributed by atoms with Gasteiger partial charge in [0.1, 0.15) is 6.33 Å². The second-order valence-corrected chi connectivity index (χ2v) is 5.72. The summed E-state index contributed by atoms with van der Waals surface area (Å²) in [5.41, 5.74) is -0.0414. The van der Waals surface area contributed by atoms with Crippen molar-refractivity contribution in [1.82, 2.24) is 9.97 Å². The summed E-state index contributed by atoms with van der Waals surface area (Å²) < 4.78 is 0. The normalized spacial score (nSPS) is 11.0. The van der Waals surface area contributed by atoms with E-state index >= 15 is 0 Å². The molecule has 21 heavy (non-hydrogen) atoms. The fourth-order valence-corrected chi connectivity index (χ4v) is 2.06. The molecular weight excluding hydrogens is 270 g/mol. The molecule has 0 saturated heterocycles. The topological polar surface area (TPSA) is 84.2 Å². The summed E-state index contributed by atoms with van der Waals surface area (Å²) in [6.45, 7) is 11.5. The van der Waals surface area contributed by atoms with Gasteiger partial charge in [0.15, 0.2) is 0 Å². The summed E-state index contributed by atoms with van der Waals surface area (Å²) in [4.78, 5) is 21.2. The zero-order chi connectivity index (χ0) is 16.0. The average molecular weight is 295 g/mol. The molecule has 0 unspecified atom stereocenters. The van der Waals surface area contributed by atoms with E-state index in [1.54, 1.807) is 0 Å². The highest BCUT2D eigenvalue weighted by Crippen LogP contribution is 2.33. The van der Waals surface area contributed by atoms with E-state index in [4.69, 9.17) is 0 Å². The maximum Gasteiger partial charge on any atom is 0.353 e. The van der Waals surface area contributed by atoms with Crippen molar-refractivity contribution in [2.75, 3.05) is 23.3 Å². The van der Waals surface area contributed by atoms with Crippen molar-refractivity contribution in [3.05, 3.63) is 16.4 Å². The Bertz CT molecular complexity index is 476. The summed E-state index contributed by atoms with van der Waals surface area (Å²) in [5.74, 6) is 1.06. The van der Waals surface area contributed by atoms with E-state index in [0.29, 0.717) is 30.6 Å². The largest absolute Gasteiger partial charge is 0.364 e. The van der Waals surface area contributed by atoms with Crippen molar-refractivity contribution < 1.29 is 4.92 Å². The van der Waals surface area contributed by atoms with Crippen molar-refractivity contribution in [3.63, 3.8) is 0 Å². The van der Waals surface area contributed by atoms with Crippen molar-refractivity contribution in [1.29, 1.82) is 0 Å². The summed E-state index contributed by atoms with van der Waals surface area (Å²) in [7, 11) is 0. The van der Waals surface area contributed by atoms with Crippen LogP contribution < -0.4 is 10.2 Å². The van der Waals surface area contributed by atoms with E-state index < -0.39 is 4.92 Å². The highest BCUT2D eigenvalue weighted by atomic mass is 16.6. The Labute approximate surface area is 125 Å². The fraction of sp³-hybridized carbons (Fsp3) is 0.714. The van der Waals surface area contributed by atoms with Gasteiger partial charge in [0, 0.05) is 19.1 Å². The molecule has 0 saturated carbocycles. The molecule has 1 aromatic heterocycles. The van der Waals surface area contributed by atoms with Crippen LogP contribution in [-0.2, 0) is 0 Å². The molecule has 1 heterocycles. The minimum atomic E-state index is -0.400. The SMILES string of the molecule is CCCNc1ncnc(N(CC(C)C)C(C)C)c1[N+](=O)[O-]. The fourth-order valence-electron chi connectivity index (χ4n) is 2.06. The minimum Gasteiger partial charge on any atom is -0.364 e. The molecule has 118 valence electrons. The van der Waals surface area contributed by atoms with Gasteiger partial charge in [-0.2, -0.15) is 0 Å². The second kappa shape index (κ2) is 7.75. The van der Waals surface area contributed by atoms with Gasteiger partial charge in [-0.15, -0.1) is 0 Å². The van der Waals surface area contributed by atoms with Gasteiger partial charge in [0.25, 0.3) is 0 Å². The van der Waals surface area contributed by atoms with Crippen molar-refractivity contribution >= 4 is 17.3 Å². The highest BCUT2D eigenvalue weighted by Gasteiger charge is 2.28. The number of hydrogen-bond donors (Lipinski definition) is 1. The Morgan fingerprint density at radius 2 is 2.00 bits per heavy atom. The highest BCUT2D eigenvalue weighted by molar-refractivity contribution is 5.70. The quantitative estimate of drug-likeness (QED) is 0.586. The van der Waals surface area contributed by atoms with Gasteiger partial charge < -0.3 is 10.2 Å². The lowest BCUT2D eigenvalue weighted by molar-refractivity contribution is -0.383. The van der Waals surface area contributed by atoms with Gasteiger partial charge in [-0.1, -0.05) is 20.8 Å². The van der Waals surface area contributed by atoms with Gasteiger partial charge in [-0.05, 0) is 26.2 Å². The van der Waals surface area contributed by atoms with E-state index in [1.807, 2.05) is 25.7 Å². The lowest BCUT2D eigenvalue weighted by Crippen LogP contribution is -2.35. The monoisotopic (exact) mass is 295 g/mol. The van der Waals surface area contributed by atoms with Crippen LogP contribution in [0.4, 0.5) is 17.3 Å². The third kappa shape index (κ3) is 4.54. The zero-order valence-electron chi connectivity index (χ0n) is 13.5. The predicted molar refractivity (Wildman–Crippen MR) is 84.8 cm³/mol. The molecule has 7 nitrogen and oxygen atoms in total. The van der Waals surface area contributed by atoms with Crippen LogP contribution in [0, 0.1) is 16.0 Å². The minimum absolute atomic E-state index is 0.0414. The number of anilines is 2. The van der Waals surface area contributed by atoms with Gasteiger partial charge in [-0.3, -0.25) is 10.1 Å². The number of aromatic nitrogens is 2. The van der Waals surface area contributed by atoms with E-state index in [0.717, 1.165) is 6.42 Å². The maximum absolute atomic E-state index is 11.5. The van der Waals surface area contributed by atoms with Crippen LogP contribution in [0.1, 0.15) is 41.0 Å². The maximum atomic E-state index is 11.5. The first kappa shape index (κ1) is 17.1.